The molecule has 3 aromatic rings. The highest BCUT2D eigenvalue weighted by atomic mass is 16.2. The van der Waals surface area contributed by atoms with Crippen LogP contribution in [-0.4, -0.2) is 30.8 Å². The standard InChI is InChI=1S/C16H14N8O/c1-11(14-20-10-21-24(14)15-18-7-2-8-19-15)22-16(25)23-13-5-3-12(9-17)4-6-13/h2-8,10-11H,1H3,(H2,22,23,25)/t11-/m0/s1. The molecule has 0 fully saturated rings. The van der Waals surface area contributed by atoms with Gasteiger partial charge >= 0.3 is 6.03 Å². The highest BCUT2D eigenvalue weighted by Gasteiger charge is 2.17. The van der Waals surface area contributed by atoms with Gasteiger partial charge in [0.2, 0.25) is 0 Å². The van der Waals surface area contributed by atoms with Crippen LogP contribution in [0, 0.1) is 11.3 Å². The van der Waals surface area contributed by atoms with E-state index in [1.165, 1.54) is 11.0 Å². The molecule has 0 radical (unpaired) electrons. The average Bonchev–Trinajstić information content (AvgIpc) is 3.13. The maximum Gasteiger partial charge on any atom is 0.319 e. The quantitative estimate of drug-likeness (QED) is 0.750. The van der Waals surface area contributed by atoms with E-state index in [1.54, 1.807) is 49.6 Å². The molecule has 0 aliphatic heterocycles. The zero-order chi connectivity index (χ0) is 17.6. The van der Waals surface area contributed by atoms with Gasteiger partial charge in [0.25, 0.3) is 5.95 Å². The summed E-state index contributed by atoms with van der Waals surface area (Å²) in [4.78, 5) is 24.6. The van der Waals surface area contributed by atoms with Crippen molar-refractivity contribution in [3.8, 4) is 12.0 Å². The van der Waals surface area contributed by atoms with Gasteiger partial charge in [-0.05, 0) is 37.3 Å². The second-order valence-electron chi connectivity index (χ2n) is 5.09. The Hall–Kier alpha value is -3.80. The lowest BCUT2D eigenvalue weighted by atomic mass is 10.2. The summed E-state index contributed by atoms with van der Waals surface area (Å²) in [5.74, 6) is 0.873. The molecule has 3 rings (SSSR count). The number of hydrogen-bond donors (Lipinski definition) is 2. The van der Waals surface area contributed by atoms with Gasteiger partial charge in [-0.1, -0.05) is 0 Å². The summed E-state index contributed by atoms with van der Waals surface area (Å²) in [6.07, 6.45) is 4.58. The number of anilines is 1. The molecule has 0 aliphatic rings. The molecule has 0 bridgehead atoms. The third-order valence-electron chi connectivity index (χ3n) is 3.32. The Morgan fingerprint density at radius 3 is 2.60 bits per heavy atom. The first-order chi connectivity index (χ1) is 12.2. The summed E-state index contributed by atoms with van der Waals surface area (Å²) in [6, 6.07) is 9.46. The molecule has 2 aromatic heterocycles. The maximum absolute atomic E-state index is 12.1. The van der Waals surface area contributed by atoms with Gasteiger partial charge in [0.15, 0.2) is 5.82 Å². The van der Waals surface area contributed by atoms with Crippen molar-refractivity contribution >= 4 is 11.7 Å². The molecule has 25 heavy (non-hydrogen) atoms. The number of carbonyl (C=O) groups excluding carboxylic acids is 1. The monoisotopic (exact) mass is 334 g/mol. The van der Waals surface area contributed by atoms with Crippen LogP contribution in [-0.2, 0) is 0 Å². The third-order valence-corrected chi connectivity index (χ3v) is 3.32. The SMILES string of the molecule is C[C@H](NC(=O)Nc1ccc(C#N)cc1)c1ncnn1-c1ncccn1. The van der Waals surface area contributed by atoms with Gasteiger partial charge in [-0.3, -0.25) is 0 Å². The Morgan fingerprint density at radius 1 is 1.20 bits per heavy atom. The van der Waals surface area contributed by atoms with Gasteiger partial charge in [-0.15, -0.1) is 0 Å². The minimum Gasteiger partial charge on any atom is -0.328 e. The number of nitrogens with one attached hydrogen (secondary N) is 2. The van der Waals surface area contributed by atoms with Gasteiger partial charge in [0.1, 0.15) is 6.33 Å². The second-order valence-corrected chi connectivity index (χ2v) is 5.09. The molecule has 2 heterocycles. The summed E-state index contributed by atoms with van der Waals surface area (Å²) < 4.78 is 1.46. The number of benzene rings is 1. The number of urea groups is 1. The average molecular weight is 334 g/mol. The molecule has 2 N–H and O–H groups in total. The minimum atomic E-state index is -0.426. The third kappa shape index (κ3) is 3.76. The summed E-state index contributed by atoms with van der Waals surface area (Å²) in [5, 5.41) is 18.3. The van der Waals surface area contributed by atoms with E-state index in [9.17, 15) is 4.79 Å². The summed E-state index contributed by atoms with van der Waals surface area (Å²) in [6.45, 7) is 1.78. The van der Waals surface area contributed by atoms with Crippen LogP contribution in [0.25, 0.3) is 5.95 Å². The van der Waals surface area contributed by atoms with E-state index in [-0.39, 0.29) is 0 Å². The van der Waals surface area contributed by atoms with Crippen molar-refractivity contribution in [1.29, 1.82) is 5.26 Å². The van der Waals surface area contributed by atoms with Crippen LogP contribution < -0.4 is 10.6 Å². The molecule has 1 atom stereocenters. The first-order valence-corrected chi connectivity index (χ1v) is 7.42. The molecule has 0 saturated heterocycles. The lowest BCUT2D eigenvalue weighted by Crippen LogP contribution is -2.32. The fourth-order valence-corrected chi connectivity index (χ4v) is 2.16. The van der Waals surface area contributed by atoms with Crippen molar-refractivity contribution < 1.29 is 4.79 Å². The Bertz CT molecular complexity index is 898. The van der Waals surface area contributed by atoms with Crippen LogP contribution in [0.1, 0.15) is 24.4 Å². The number of nitriles is 1. The lowest BCUT2D eigenvalue weighted by Gasteiger charge is -2.14. The molecule has 124 valence electrons. The van der Waals surface area contributed by atoms with Crippen molar-refractivity contribution in [1.82, 2.24) is 30.0 Å². The molecule has 1 aromatic carbocycles. The summed E-state index contributed by atoms with van der Waals surface area (Å²) >= 11 is 0. The Labute approximate surface area is 143 Å². The molecule has 0 unspecified atom stereocenters. The van der Waals surface area contributed by atoms with Crippen LogP contribution in [0.3, 0.4) is 0 Å². The largest absolute Gasteiger partial charge is 0.328 e. The van der Waals surface area contributed by atoms with Gasteiger partial charge in [0.05, 0.1) is 17.7 Å². The number of aromatic nitrogens is 5. The van der Waals surface area contributed by atoms with Crippen molar-refractivity contribution in [2.45, 2.75) is 13.0 Å². The van der Waals surface area contributed by atoms with Crippen LogP contribution >= 0.6 is 0 Å². The zero-order valence-electron chi connectivity index (χ0n) is 13.3. The highest BCUT2D eigenvalue weighted by Crippen LogP contribution is 2.13. The number of carbonyl (C=O) groups is 1. The normalized spacial score (nSPS) is 11.4. The minimum absolute atomic E-state index is 0.371. The molecule has 2 amide bonds. The Kier molecular flexibility index (Phi) is 4.62. The van der Waals surface area contributed by atoms with Crippen molar-refractivity contribution in [3.63, 3.8) is 0 Å². The number of nitrogens with zero attached hydrogens (tertiary/aromatic N) is 6. The molecular formula is C16H14N8O. The van der Waals surface area contributed by atoms with Crippen molar-refractivity contribution in [3.05, 3.63) is 60.4 Å². The number of rotatable bonds is 4. The van der Waals surface area contributed by atoms with E-state index in [1.807, 2.05) is 6.07 Å². The van der Waals surface area contributed by atoms with E-state index in [4.69, 9.17) is 5.26 Å². The molecule has 0 spiro atoms. The molecular weight excluding hydrogens is 320 g/mol. The smallest absolute Gasteiger partial charge is 0.319 e. The number of hydrogen-bond acceptors (Lipinski definition) is 6. The lowest BCUT2D eigenvalue weighted by molar-refractivity contribution is 0.248. The van der Waals surface area contributed by atoms with E-state index in [0.29, 0.717) is 23.0 Å². The van der Waals surface area contributed by atoms with Gasteiger partial charge < -0.3 is 10.6 Å². The molecule has 9 nitrogen and oxygen atoms in total. The van der Waals surface area contributed by atoms with Crippen molar-refractivity contribution in [2.75, 3.05) is 5.32 Å². The van der Waals surface area contributed by atoms with E-state index in [0.717, 1.165) is 0 Å². The number of amides is 2. The first-order valence-electron chi connectivity index (χ1n) is 7.42. The van der Waals surface area contributed by atoms with E-state index in [2.05, 4.69) is 30.7 Å². The van der Waals surface area contributed by atoms with Gasteiger partial charge in [0, 0.05) is 18.1 Å². The van der Waals surface area contributed by atoms with Crippen LogP contribution in [0.5, 0.6) is 0 Å². The van der Waals surface area contributed by atoms with Crippen LogP contribution in [0.4, 0.5) is 10.5 Å². The Balaban J connectivity index is 1.68. The fraction of sp³-hybridized carbons (Fsp3) is 0.125. The predicted octanol–water partition coefficient (Wildman–Crippen LogP) is 1.81. The van der Waals surface area contributed by atoms with Gasteiger partial charge in [-0.25, -0.2) is 19.7 Å². The van der Waals surface area contributed by atoms with Crippen molar-refractivity contribution in [2.24, 2.45) is 0 Å². The van der Waals surface area contributed by atoms with Gasteiger partial charge in [-0.2, -0.15) is 15.0 Å². The second kappa shape index (κ2) is 7.18. The summed E-state index contributed by atoms with van der Waals surface area (Å²) in [7, 11) is 0. The van der Waals surface area contributed by atoms with E-state index >= 15 is 0 Å². The molecule has 0 saturated carbocycles. The topological polar surface area (TPSA) is 121 Å². The molecule has 0 aliphatic carbocycles. The van der Waals surface area contributed by atoms with E-state index < -0.39 is 12.1 Å². The molecule has 9 heteroatoms. The highest BCUT2D eigenvalue weighted by molar-refractivity contribution is 5.89. The van der Waals surface area contributed by atoms with Crippen LogP contribution in [0.15, 0.2) is 49.1 Å². The first kappa shape index (κ1) is 16.1. The maximum atomic E-state index is 12.1. The fourth-order valence-electron chi connectivity index (χ4n) is 2.16. The van der Waals surface area contributed by atoms with Crippen LogP contribution in [0.2, 0.25) is 0 Å². The zero-order valence-corrected chi connectivity index (χ0v) is 13.3. The summed E-state index contributed by atoms with van der Waals surface area (Å²) in [5.41, 5.74) is 1.10. The Morgan fingerprint density at radius 2 is 1.92 bits per heavy atom. The predicted molar refractivity (Wildman–Crippen MR) is 88.7 cm³/mol.